The average molecular weight is 395 g/mol. The van der Waals surface area contributed by atoms with Crippen molar-refractivity contribution < 1.29 is 14.3 Å². The zero-order valence-corrected chi connectivity index (χ0v) is 16.9. The molecule has 0 N–H and O–H groups in total. The molecule has 0 bridgehead atoms. The van der Waals surface area contributed by atoms with Gasteiger partial charge in [0.15, 0.2) is 0 Å². The fourth-order valence-corrected chi connectivity index (χ4v) is 4.22. The predicted octanol–water partition coefficient (Wildman–Crippen LogP) is 4.98. The SMILES string of the molecule is CCOC(=O)c1c2ccccc2n2/c(=C\c3cccc(OC)c3)c3ccccc3c12. The van der Waals surface area contributed by atoms with Crippen LogP contribution in [0.15, 0.2) is 72.8 Å². The van der Waals surface area contributed by atoms with Gasteiger partial charge in [0.2, 0.25) is 0 Å². The van der Waals surface area contributed by atoms with Gasteiger partial charge in [0, 0.05) is 16.2 Å². The molecule has 5 aromatic rings. The highest BCUT2D eigenvalue weighted by Gasteiger charge is 2.23. The van der Waals surface area contributed by atoms with Crippen molar-refractivity contribution in [1.29, 1.82) is 0 Å². The molecule has 0 aliphatic heterocycles. The minimum atomic E-state index is -0.292. The molecule has 0 saturated carbocycles. The number of ether oxygens (including phenoxy) is 2. The van der Waals surface area contributed by atoms with E-state index in [9.17, 15) is 4.79 Å². The summed E-state index contributed by atoms with van der Waals surface area (Å²) in [5, 5.41) is 4.05. The number of benzene rings is 3. The largest absolute Gasteiger partial charge is 0.497 e. The Hall–Kier alpha value is -3.79. The number of aromatic nitrogens is 1. The molecule has 0 aliphatic rings. The number of para-hydroxylation sites is 1. The Labute approximate surface area is 173 Å². The maximum Gasteiger partial charge on any atom is 0.340 e. The van der Waals surface area contributed by atoms with Gasteiger partial charge in [0.1, 0.15) is 5.75 Å². The molecule has 4 heteroatoms. The Morgan fingerprint density at radius 2 is 1.67 bits per heavy atom. The van der Waals surface area contributed by atoms with Crippen molar-refractivity contribution in [3.63, 3.8) is 0 Å². The summed E-state index contributed by atoms with van der Waals surface area (Å²) in [6.07, 6.45) is 2.14. The van der Waals surface area contributed by atoms with Crippen LogP contribution in [0.5, 0.6) is 5.75 Å². The van der Waals surface area contributed by atoms with Crippen LogP contribution in [0.4, 0.5) is 0 Å². The molecule has 0 unspecified atom stereocenters. The van der Waals surface area contributed by atoms with E-state index in [0.717, 1.165) is 43.9 Å². The van der Waals surface area contributed by atoms with E-state index in [-0.39, 0.29) is 5.97 Å². The van der Waals surface area contributed by atoms with Gasteiger partial charge in [-0.1, -0.05) is 54.6 Å². The lowest BCUT2D eigenvalue weighted by molar-refractivity contribution is 0.0531. The van der Waals surface area contributed by atoms with Gasteiger partial charge in [0.05, 0.1) is 35.7 Å². The summed E-state index contributed by atoms with van der Waals surface area (Å²) in [5.41, 5.74) is 3.52. The van der Waals surface area contributed by atoms with Crippen molar-refractivity contribution in [1.82, 2.24) is 4.40 Å². The number of carbonyl (C=O) groups is 1. The average Bonchev–Trinajstić information content (AvgIpc) is 3.28. The molecule has 0 atom stereocenters. The fraction of sp³-hybridized carbons (Fsp3) is 0.115. The molecular formula is C26H21NO3. The van der Waals surface area contributed by atoms with Crippen LogP contribution in [0.1, 0.15) is 22.8 Å². The van der Waals surface area contributed by atoms with Gasteiger partial charge in [-0.2, -0.15) is 0 Å². The van der Waals surface area contributed by atoms with E-state index in [1.54, 1.807) is 7.11 Å². The molecule has 2 heterocycles. The highest BCUT2D eigenvalue weighted by molar-refractivity contribution is 6.19. The van der Waals surface area contributed by atoms with Crippen molar-refractivity contribution in [3.05, 3.63) is 89.3 Å². The Morgan fingerprint density at radius 3 is 2.43 bits per heavy atom. The van der Waals surface area contributed by atoms with Crippen LogP contribution in [0, 0.1) is 0 Å². The molecule has 0 fully saturated rings. The minimum absolute atomic E-state index is 0.292. The van der Waals surface area contributed by atoms with E-state index >= 15 is 0 Å². The first-order valence-electron chi connectivity index (χ1n) is 9.99. The summed E-state index contributed by atoms with van der Waals surface area (Å²) < 4.78 is 13.0. The highest BCUT2D eigenvalue weighted by atomic mass is 16.5. The standard InChI is InChI=1S/C26H21NO3/c1-3-30-26(28)24-21-13-6-7-14-22(21)27-23(16-17-9-8-10-18(15-17)29-2)19-11-4-5-12-20(19)25(24)27/h4-16H,3H2,1-2H3/b23-16-. The lowest BCUT2D eigenvalue weighted by atomic mass is 10.1. The molecule has 0 radical (unpaired) electrons. The molecule has 0 aliphatic carbocycles. The number of nitrogens with zero attached hydrogens (tertiary/aromatic N) is 1. The summed E-state index contributed by atoms with van der Waals surface area (Å²) in [5.74, 6) is 0.514. The summed E-state index contributed by atoms with van der Waals surface area (Å²) in [6, 6.07) is 24.1. The number of esters is 1. The number of fused-ring (bicyclic) bond motifs is 5. The van der Waals surface area contributed by atoms with Crippen molar-refractivity contribution in [2.24, 2.45) is 0 Å². The Morgan fingerprint density at radius 1 is 0.933 bits per heavy atom. The lowest BCUT2D eigenvalue weighted by Gasteiger charge is -2.01. The quantitative estimate of drug-likeness (QED) is 0.403. The van der Waals surface area contributed by atoms with Gasteiger partial charge in [0.25, 0.3) is 0 Å². The van der Waals surface area contributed by atoms with Gasteiger partial charge in [-0.3, -0.25) is 0 Å². The van der Waals surface area contributed by atoms with Crippen molar-refractivity contribution in [2.45, 2.75) is 6.92 Å². The van der Waals surface area contributed by atoms with Gasteiger partial charge < -0.3 is 13.9 Å². The van der Waals surface area contributed by atoms with Crippen LogP contribution < -0.4 is 10.1 Å². The second kappa shape index (κ2) is 7.23. The Bertz CT molecular complexity index is 1460. The fourth-order valence-electron chi connectivity index (χ4n) is 4.22. The summed E-state index contributed by atoms with van der Waals surface area (Å²) in [7, 11) is 1.67. The normalized spacial score (nSPS) is 12.1. The van der Waals surface area contributed by atoms with E-state index in [1.807, 2.05) is 67.6 Å². The third kappa shape index (κ3) is 2.72. The van der Waals surface area contributed by atoms with Gasteiger partial charge in [-0.05, 0) is 36.8 Å². The predicted molar refractivity (Wildman–Crippen MR) is 120 cm³/mol. The van der Waals surface area contributed by atoms with E-state index < -0.39 is 0 Å². The molecule has 3 aromatic carbocycles. The first-order chi connectivity index (χ1) is 14.7. The van der Waals surface area contributed by atoms with Crippen molar-refractivity contribution >= 4 is 39.2 Å². The highest BCUT2D eigenvalue weighted by Crippen LogP contribution is 2.32. The smallest absolute Gasteiger partial charge is 0.340 e. The third-order valence-corrected chi connectivity index (χ3v) is 5.45. The summed E-state index contributed by atoms with van der Waals surface area (Å²) >= 11 is 0. The van der Waals surface area contributed by atoms with E-state index in [4.69, 9.17) is 9.47 Å². The van der Waals surface area contributed by atoms with Crippen molar-refractivity contribution in [2.75, 3.05) is 13.7 Å². The van der Waals surface area contributed by atoms with Crippen molar-refractivity contribution in [3.8, 4) is 5.75 Å². The molecule has 0 spiro atoms. The zero-order chi connectivity index (χ0) is 20.7. The van der Waals surface area contributed by atoms with Gasteiger partial charge >= 0.3 is 5.97 Å². The van der Waals surface area contributed by atoms with Crippen LogP contribution in [-0.2, 0) is 4.74 Å². The Balaban J connectivity index is 1.97. The van der Waals surface area contributed by atoms with Crippen LogP contribution in [0.2, 0.25) is 0 Å². The van der Waals surface area contributed by atoms with Crippen LogP contribution in [-0.4, -0.2) is 24.1 Å². The molecular weight excluding hydrogens is 374 g/mol. The number of carbonyl (C=O) groups excluding carboxylic acids is 1. The second-order valence-corrected chi connectivity index (χ2v) is 7.15. The van der Waals surface area contributed by atoms with Crippen LogP contribution in [0.25, 0.3) is 33.3 Å². The van der Waals surface area contributed by atoms with Gasteiger partial charge in [-0.25, -0.2) is 4.79 Å². The van der Waals surface area contributed by atoms with E-state index in [0.29, 0.717) is 12.2 Å². The molecule has 148 valence electrons. The zero-order valence-electron chi connectivity index (χ0n) is 16.9. The lowest BCUT2D eigenvalue weighted by Crippen LogP contribution is -2.09. The van der Waals surface area contributed by atoms with Gasteiger partial charge in [-0.15, -0.1) is 0 Å². The number of methoxy groups -OCH3 is 1. The number of hydrogen-bond acceptors (Lipinski definition) is 3. The molecule has 0 saturated heterocycles. The summed E-state index contributed by atoms with van der Waals surface area (Å²) in [4.78, 5) is 13.0. The second-order valence-electron chi connectivity index (χ2n) is 7.15. The number of hydrogen-bond donors (Lipinski definition) is 0. The first kappa shape index (κ1) is 18.3. The maximum absolute atomic E-state index is 13.0. The molecule has 0 amide bonds. The number of rotatable bonds is 4. The maximum atomic E-state index is 13.0. The summed E-state index contributed by atoms with van der Waals surface area (Å²) in [6.45, 7) is 2.17. The molecule has 5 rings (SSSR count). The minimum Gasteiger partial charge on any atom is -0.497 e. The molecule has 4 nitrogen and oxygen atoms in total. The topological polar surface area (TPSA) is 39.9 Å². The monoisotopic (exact) mass is 395 g/mol. The van der Waals surface area contributed by atoms with Crippen LogP contribution in [0.3, 0.4) is 0 Å². The third-order valence-electron chi connectivity index (χ3n) is 5.45. The van der Waals surface area contributed by atoms with E-state index in [2.05, 4.69) is 22.6 Å². The first-order valence-corrected chi connectivity index (χ1v) is 9.99. The molecule has 30 heavy (non-hydrogen) atoms. The Kier molecular flexibility index (Phi) is 4.40. The van der Waals surface area contributed by atoms with Crippen LogP contribution >= 0.6 is 0 Å². The van der Waals surface area contributed by atoms with E-state index in [1.165, 1.54) is 0 Å². The molecule has 2 aromatic heterocycles.